The van der Waals surface area contributed by atoms with Crippen LogP contribution in [0.5, 0.6) is 0 Å². The Bertz CT molecular complexity index is 540. The van der Waals surface area contributed by atoms with Crippen molar-refractivity contribution in [3.05, 3.63) is 35.0 Å². The van der Waals surface area contributed by atoms with Crippen molar-refractivity contribution in [2.75, 3.05) is 0 Å². The van der Waals surface area contributed by atoms with E-state index in [2.05, 4.69) is 31.0 Å². The van der Waals surface area contributed by atoms with Crippen LogP contribution in [-0.4, -0.2) is 16.1 Å². The molecule has 2 aromatic rings. The molecule has 16 heavy (non-hydrogen) atoms. The van der Waals surface area contributed by atoms with Crippen LogP contribution >= 0.6 is 0 Å². The Morgan fingerprint density at radius 1 is 1.31 bits per heavy atom. The van der Waals surface area contributed by atoms with Crippen LogP contribution in [0.4, 0.5) is 0 Å². The second kappa shape index (κ2) is 4.00. The number of aromatic nitrogens is 1. The van der Waals surface area contributed by atoms with Crippen LogP contribution in [-0.2, 0) is 11.2 Å². The summed E-state index contributed by atoms with van der Waals surface area (Å²) in [6.07, 6.45) is 2.67. The molecule has 2 N–H and O–H groups in total. The number of rotatable bonds is 3. The van der Waals surface area contributed by atoms with Crippen LogP contribution in [0.2, 0.25) is 0 Å². The molecule has 1 aromatic carbocycles. The standard InChI is InChI=1S/C13H15NO2/c1-8-5-11-10(3-4-13(15)16)7-14-12(11)6-9(8)2/h5-7,14H,3-4H2,1-2H3,(H,15,16). The second-order valence-corrected chi connectivity index (χ2v) is 4.19. The van der Waals surface area contributed by atoms with Crippen LogP contribution in [0.1, 0.15) is 23.1 Å². The minimum atomic E-state index is -0.752. The number of carbonyl (C=O) groups is 1. The molecule has 0 spiro atoms. The fourth-order valence-electron chi connectivity index (χ4n) is 1.89. The van der Waals surface area contributed by atoms with Crippen molar-refractivity contribution < 1.29 is 9.90 Å². The van der Waals surface area contributed by atoms with Gasteiger partial charge in [0.1, 0.15) is 0 Å². The topological polar surface area (TPSA) is 53.1 Å². The Kier molecular flexibility index (Phi) is 2.69. The van der Waals surface area contributed by atoms with Crippen molar-refractivity contribution >= 4 is 16.9 Å². The molecule has 0 atom stereocenters. The van der Waals surface area contributed by atoms with E-state index in [-0.39, 0.29) is 6.42 Å². The van der Waals surface area contributed by atoms with E-state index in [9.17, 15) is 4.79 Å². The van der Waals surface area contributed by atoms with Gasteiger partial charge in [0.15, 0.2) is 0 Å². The summed E-state index contributed by atoms with van der Waals surface area (Å²) in [5, 5.41) is 9.82. The van der Waals surface area contributed by atoms with Gasteiger partial charge in [-0.1, -0.05) is 0 Å². The summed E-state index contributed by atoms with van der Waals surface area (Å²) in [6.45, 7) is 4.15. The first kappa shape index (κ1) is 10.7. The number of aromatic amines is 1. The summed E-state index contributed by atoms with van der Waals surface area (Å²) in [5.41, 5.74) is 4.66. The molecule has 3 heteroatoms. The van der Waals surface area contributed by atoms with Crippen LogP contribution in [0, 0.1) is 13.8 Å². The Balaban J connectivity index is 2.40. The van der Waals surface area contributed by atoms with Gasteiger partial charge in [-0.15, -0.1) is 0 Å². The maximum Gasteiger partial charge on any atom is 0.303 e. The van der Waals surface area contributed by atoms with Crippen LogP contribution < -0.4 is 0 Å². The highest BCUT2D eigenvalue weighted by atomic mass is 16.4. The highest BCUT2D eigenvalue weighted by Gasteiger charge is 2.07. The van der Waals surface area contributed by atoms with Crippen molar-refractivity contribution in [2.24, 2.45) is 0 Å². The van der Waals surface area contributed by atoms with Gasteiger partial charge >= 0.3 is 5.97 Å². The third-order valence-corrected chi connectivity index (χ3v) is 2.99. The lowest BCUT2D eigenvalue weighted by molar-refractivity contribution is -0.136. The molecule has 0 amide bonds. The molecule has 84 valence electrons. The van der Waals surface area contributed by atoms with Crippen molar-refractivity contribution in [1.82, 2.24) is 4.98 Å². The zero-order chi connectivity index (χ0) is 11.7. The number of nitrogens with one attached hydrogen (secondary N) is 1. The lowest BCUT2D eigenvalue weighted by Crippen LogP contribution is -1.96. The van der Waals surface area contributed by atoms with E-state index in [1.54, 1.807) is 0 Å². The number of hydrogen-bond acceptors (Lipinski definition) is 1. The number of aliphatic carboxylic acids is 1. The average Bonchev–Trinajstić information content (AvgIpc) is 2.58. The fraction of sp³-hybridized carbons (Fsp3) is 0.308. The molecular formula is C13H15NO2. The van der Waals surface area contributed by atoms with Gasteiger partial charge in [-0.2, -0.15) is 0 Å². The van der Waals surface area contributed by atoms with Gasteiger partial charge in [-0.3, -0.25) is 4.79 Å². The number of H-pyrrole nitrogens is 1. The number of benzene rings is 1. The Morgan fingerprint density at radius 2 is 2.00 bits per heavy atom. The molecule has 2 rings (SSSR count). The highest BCUT2D eigenvalue weighted by molar-refractivity contribution is 5.85. The van der Waals surface area contributed by atoms with Gasteiger partial charge in [-0.05, 0) is 49.1 Å². The van der Waals surface area contributed by atoms with Gasteiger partial charge in [0, 0.05) is 23.5 Å². The largest absolute Gasteiger partial charge is 0.481 e. The first-order valence-corrected chi connectivity index (χ1v) is 5.37. The van der Waals surface area contributed by atoms with Gasteiger partial charge in [0.25, 0.3) is 0 Å². The minimum absolute atomic E-state index is 0.180. The summed E-state index contributed by atoms with van der Waals surface area (Å²) in [5.74, 6) is -0.752. The van der Waals surface area contributed by atoms with E-state index >= 15 is 0 Å². The van der Waals surface area contributed by atoms with Crippen molar-refractivity contribution in [2.45, 2.75) is 26.7 Å². The molecule has 1 heterocycles. The minimum Gasteiger partial charge on any atom is -0.481 e. The smallest absolute Gasteiger partial charge is 0.303 e. The number of carboxylic acids is 1. The summed E-state index contributed by atoms with van der Waals surface area (Å²) in [4.78, 5) is 13.7. The Morgan fingerprint density at radius 3 is 2.69 bits per heavy atom. The van der Waals surface area contributed by atoms with Gasteiger partial charge in [-0.25, -0.2) is 0 Å². The molecule has 0 saturated carbocycles. The molecular weight excluding hydrogens is 202 g/mol. The fourth-order valence-corrected chi connectivity index (χ4v) is 1.89. The molecule has 1 aromatic heterocycles. The Hall–Kier alpha value is -1.77. The molecule has 0 saturated heterocycles. The molecule has 0 fully saturated rings. The summed E-state index contributed by atoms with van der Waals surface area (Å²) < 4.78 is 0. The summed E-state index contributed by atoms with van der Waals surface area (Å²) in [6, 6.07) is 4.23. The van der Waals surface area contributed by atoms with Crippen molar-refractivity contribution in [3.63, 3.8) is 0 Å². The van der Waals surface area contributed by atoms with Gasteiger partial charge in [0.2, 0.25) is 0 Å². The first-order valence-electron chi connectivity index (χ1n) is 5.37. The monoisotopic (exact) mass is 217 g/mol. The number of fused-ring (bicyclic) bond motifs is 1. The average molecular weight is 217 g/mol. The van der Waals surface area contributed by atoms with E-state index < -0.39 is 5.97 Å². The molecule has 0 bridgehead atoms. The SMILES string of the molecule is Cc1cc2[nH]cc(CCC(=O)O)c2cc1C. The van der Waals surface area contributed by atoms with E-state index in [1.807, 2.05) is 6.20 Å². The second-order valence-electron chi connectivity index (χ2n) is 4.19. The maximum absolute atomic E-state index is 10.5. The molecule has 0 aliphatic rings. The van der Waals surface area contributed by atoms with E-state index in [4.69, 9.17) is 5.11 Å². The third kappa shape index (κ3) is 1.94. The van der Waals surface area contributed by atoms with Crippen LogP contribution in [0.3, 0.4) is 0 Å². The van der Waals surface area contributed by atoms with Crippen LogP contribution in [0.25, 0.3) is 10.9 Å². The summed E-state index contributed by atoms with van der Waals surface area (Å²) in [7, 11) is 0. The highest BCUT2D eigenvalue weighted by Crippen LogP contribution is 2.23. The Labute approximate surface area is 94.1 Å². The van der Waals surface area contributed by atoms with E-state index in [0.29, 0.717) is 6.42 Å². The van der Waals surface area contributed by atoms with E-state index in [1.165, 1.54) is 11.1 Å². The summed E-state index contributed by atoms with van der Waals surface area (Å²) >= 11 is 0. The zero-order valence-corrected chi connectivity index (χ0v) is 9.50. The predicted molar refractivity (Wildman–Crippen MR) is 63.7 cm³/mol. The van der Waals surface area contributed by atoms with Crippen molar-refractivity contribution in [1.29, 1.82) is 0 Å². The molecule has 3 nitrogen and oxygen atoms in total. The molecule has 0 aliphatic carbocycles. The third-order valence-electron chi connectivity index (χ3n) is 2.99. The quantitative estimate of drug-likeness (QED) is 0.830. The van der Waals surface area contributed by atoms with Crippen molar-refractivity contribution in [3.8, 4) is 0 Å². The molecule has 0 aliphatic heterocycles. The first-order chi connectivity index (χ1) is 7.58. The lowest BCUT2D eigenvalue weighted by Gasteiger charge is -2.01. The van der Waals surface area contributed by atoms with Gasteiger partial charge < -0.3 is 10.1 Å². The maximum atomic E-state index is 10.5. The van der Waals surface area contributed by atoms with Gasteiger partial charge in [0.05, 0.1) is 0 Å². The lowest BCUT2D eigenvalue weighted by atomic mass is 10.0. The zero-order valence-electron chi connectivity index (χ0n) is 9.50. The number of hydrogen-bond donors (Lipinski definition) is 2. The number of carboxylic acid groups (broad SMARTS) is 1. The predicted octanol–water partition coefficient (Wildman–Crippen LogP) is 2.80. The number of aryl methyl sites for hydroxylation is 3. The normalized spacial score (nSPS) is 10.9. The van der Waals surface area contributed by atoms with E-state index in [0.717, 1.165) is 16.5 Å². The van der Waals surface area contributed by atoms with Crippen LogP contribution in [0.15, 0.2) is 18.3 Å². The molecule has 0 unspecified atom stereocenters. The molecule has 0 radical (unpaired) electrons.